The minimum Gasteiger partial charge on any atom is -0.378 e. The van der Waals surface area contributed by atoms with E-state index in [9.17, 15) is 4.79 Å². The van der Waals surface area contributed by atoms with Gasteiger partial charge in [0.15, 0.2) is 0 Å². The van der Waals surface area contributed by atoms with Crippen molar-refractivity contribution < 1.29 is 9.53 Å². The molecule has 1 aliphatic carbocycles. The predicted octanol–water partition coefficient (Wildman–Crippen LogP) is 8.52. The van der Waals surface area contributed by atoms with Gasteiger partial charge in [-0.15, -0.1) is 0 Å². The Morgan fingerprint density at radius 3 is 1.69 bits per heavy atom. The molecule has 3 heteroatoms. The van der Waals surface area contributed by atoms with Gasteiger partial charge < -0.3 is 4.74 Å². The molecular weight excluding hydrogens is 444 g/mol. The molecule has 1 saturated carbocycles. The molecule has 192 valence electrons. The molecule has 2 atom stereocenters. The fourth-order valence-electron chi connectivity index (χ4n) is 7.51. The number of ketones is 1. The lowest BCUT2D eigenvalue weighted by Gasteiger charge is -2.52. The van der Waals surface area contributed by atoms with Crippen molar-refractivity contribution in [2.45, 2.75) is 103 Å². The van der Waals surface area contributed by atoms with Crippen LogP contribution in [0.25, 0.3) is 0 Å². The number of carbonyl (C=O) groups excluding carboxylic acids is 1. The highest BCUT2D eigenvalue weighted by Gasteiger charge is 2.54. The van der Waals surface area contributed by atoms with Gasteiger partial charge in [-0.3, -0.25) is 4.79 Å². The van der Waals surface area contributed by atoms with E-state index >= 15 is 0 Å². The predicted molar refractivity (Wildman–Crippen MR) is 152 cm³/mol. The summed E-state index contributed by atoms with van der Waals surface area (Å²) in [4.78, 5) is 14.4. The number of hydrogen-bond donors (Lipinski definition) is 0. The van der Waals surface area contributed by atoms with E-state index in [0.717, 1.165) is 19.3 Å². The Bertz CT molecular complexity index is 856. The van der Waals surface area contributed by atoms with Crippen molar-refractivity contribution in [2.24, 2.45) is 11.3 Å². The summed E-state index contributed by atoms with van der Waals surface area (Å²) in [6.45, 7) is 17.4. The minimum absolute atomic E-state index is 0.0513. The highest BCUT2D eigenvalue weighted by atomic mass is 28.3. The van der Waals surface area contributed by atoms with Crippen molar-refractivity contribution >= 4 is 13.9 Å². The Morgan fingerprint density at radius 1 is 0.829 bits per heavy atom. The average molecular weight is 493 g/mol. The Kier molecular flexibility index (Phi) is 9.57. The first-order valence-corrected chi connectivity index (χ1v) is 16.3. The van der Waals surface area contributed by atoms with Crippen LogP contribution < -0.4 is 0 Å². The smallest absolute Gasteiger partial charge is 0.142 e. The lowest BCUT2D eigenvalue weighted by molar-refractivity contribution is -0.142. The molecule has 0 heterocycles. The summed E-state index contributed by atoms with van der Waals surface area (Å²) in [6.07, 6.45) is 3.24. The van der Waals surface area contributed by atoms with Crippen LogP contribution in [-0.4, -0.2) is 26.6 Å². The van der Waals surface area contributed by atoms with Gasteiger partial charge in [-0.25, -0.2) is 0 Å². The van der Waals surface area contributed by atoms with Crippen LogP contribution in [0, 0.1) is 11.3 Å². The summed E-state index contributed by atoms with van der Waals surface area (Å²) in [5.74, 6) is 0.749. The number of carbonyl (C=O) groups is 1. The number of rotatable bonds is 11. The first kappa shape index (κ1) is 27.9. The second-order valence-electron chi connectivity index (χ2n) is 11.9. The van der Waals surface area contributed by atoms with E-state index in [-0.39, 0.29) is 11.5 Å². The van der Waals surface area contributed by atoms with Crippen LogP contribution in [0.2, 0.25) is 22.7 Å². The lowest BCUT2D eigenvalue weighted by Crippen LogP contribution is -2.55. The first-order valence-electron chi connectivity index (χ1n) is 13.9. The fraction of sp³-hybridized carbons (Fsp3) is 0.594. The molecule has 0 N–H and O–H groups in total. The largest absolute Gasteiger partial charge is 0.378 e. The molecular formula is C32H48O2Si. The van der Waals surface area contributed by atoms with E-state index in [1.807, 2.05) is 0 Å². The zero-order valence-electron chi connectivity index (χ0n) is 23.2. The van der Waals surface area contributed by atoms with Gasteiger partial charge in [-0.2, -0.15) is 0 Å². The molecule has 0 spiro atoms. The zero-order chi connectivity index (χ0) is 25.6. The Labute approximate surface area is 215 Å². The van der Waals surface area contributed by atoms with Gasteiger partial charge in [0.1, 0.15) is 5.78 Å². The maximum atomic E-state index is 14.4. The number of Topliss-reactive ketones (excluding diaryl/α,β-unsaturated/α-hetero) is 1. The van der Waals surface area contributed by atoms with E-state index in [2.05, 4.69) is 109 Å². The molecule has 0 bridgehead atoms. The fourth-order valence-corrected chi connectivity index (χ4v) is 14.3. The van der Waals surface area contributed by atoms with Gasteiger partial charge >= 0.3 is 0 Å². The number of benzene rings is 2. The molecule has 1 fully saturated rings. The second kappa shape index (κ2) is 12.0. The van der Waals surface area contributed by atoms with Crippen LogP contribution in [-0.2, 0) is 22.4 Å². The third-order valence-electron chi connectivity index (χ3n) is 9.25. The van der Waals surface area contributed by atoms with Gasteiger partial charge in [0, 0.05) is 18.4 Å². The van der Waals surface area contributed by atoms with Crippen LogP contribution in [0.3, 0.4) is 0 Å². The van der Waals surface area contributed by atoms with Gasteiger partial charge in [-0.05, 0) is 43.2 Å². The van der Waals surface area contributed by atoms with Crippen LogP contribution in [0.4, 0.5) is 0 Å². The van der Waals surface area contributed by atoms with Crippen molar-refractivity contribution in [2.75, 3.05) is 6.61 Å². The summed E-state index contributed by atoms with van der Waals surface area (Å²) in [7, 11) is -1.73. The first-order chi connectivity index (χ1) is 16.7. The van der Waals surface area contributed by atoms with Crippen molar-refractivity contribution in [3.8, 4) is 0 Å². The van der Waals surface area contributed by atoms with E-state index in [4.69, 9.17) is 4.74 Å². The van der Waals surface area contributed by atoms with Crippen molar-refractivity contribution in [1.29, 1.82) is 0 Å². The molecule has 2 unspecified atom stereocenters. The minimum atomic E-state index is -1.73. The maximum Gasteiger partial charge on any atom is 0.142 e. The van der Waals surface area contributed by atoms with E-state index in [0.29, 0.717) is 41.4 Å². The molecule has 3 rings (SSSR count). The third kappa shape index (κ3) is 5.99. The second-order valence-corrected chi connectivity index (χ2v) is 18.0. The average Bonchev–Trinajstić information content (AvgIpc) is 2.81. The number of hydrogen-bond acceptors (Lipinski definition) is 2. The summed E-state index contributed by atoms with van der Waals surface area (Å²) < 4.78 is 6.17. The van der Waals surface area contributed by atoms with Gasteiger partial charge in [-0.1, -0.05) is 125 Å². The van der Waals surface area contributed by atoms with Gasteiger partial charge in [0.25, 0.3) is 0 Å². The molecule has 0 saturated heterocycles. The molecule has 0 aliphatic heterocycles. The van der Waals surface area contributed by atoms with Crippen molar-refractivity contribution in [1.82, 2.24) is 0 Å². The Hall–Kier alpha value is -1.71. The van der Waals surface area contributed by atoms with Crippen LogP contribution in [0.5, 0.6) is 0 Å². The monoisotopic (exact) mass is 492 g/mol. The zero-order valence-corrected chi connectivity index (χ0v) is 24.2. The molecule has 1 aliphatic rings. The van der Waals surface area contributed by atoms with Gasteiger partial charge in [0.05, 0.1) is 14.2 Å². The highest BCUT2D eigenvalue weighted by molar-refractivity contribution is 6.83. The SMILES string of the molecule is CCOC1CC(=O)C(Cc2ccccc2)(Cc2ccccc2)C(C[Si](C(C)C)(C(C)C)C(C)C)C1. The van der Waals surface area contributed by atoms with E-state index in [1.54, 1.807) is 0 Å². The van der Waals surface area contributed by atoms with E-state index < -0.39 is 8.07 Å². The summed E-state index contributed by atoms with van der Waals surface area (Å²) in [5, 5.41) is 0. The standard InChI is InChI=1S/C32H48O2Si/c1-8-34-30-19-29(23-35(24(2)3,25(4)5)26(6)7)32(31(33)20-30,21-27-15-11-9-12-16-27)22-28-17-13-10-14-18-28/h9-18,24-26,29-30H,8,19-23H2,1-7H3. The molecule has 2 nitrogen and oxygen atoms in total. The Balaban J connectivity index is 2.16. The molecule has 2 aromatic rings. The molecule has 0 radical (unpaired) electrons. The van der Waals surface area contributed by atoms with Crippen LogP contribution >= 0.6 is 0 Å². The number of ether oxygens (including phenoxy) is 1. The lowest BCUT2D eigenvalue weighted by atomic mass is 9.59. The van der Waals surface area contributed by atoms with Crippen LogP contribution in [0.15, 0.2) is 60.7 Å². The van der Waals surface area contributed by atoms with E-state index in [1.165, 1.54) is 17.2 Å². The highest BCUT2D eigenvalue weighted by Crippen LogP contribution is 2.54. The maximum absolute atomic E-state index is 14.4. The normalized spacial score (nSPS) is 20.7. The molecule has 0 amide bonds. The van der Waals surface area contributed by atoms with Crippen molar-refractivity contribution in [3.63, 3.8) is 0 Å². The molecule has 0 aromatic heterocycles. The molecule has 35 heavy (non-hydrogen) atoms. The topological polar surface area (TPSA) is 26.3 Å². The summed E-state index contributed by atoms with van der Waals surface area (Å²) in [6, 6.07) is 22.7. The quantitative estimate of drug-likeness (QED) is 0.294. The summed E-state index contributed by atoms with van der Waals surface area (Å²) in [5.41, 5.74) is 4.21. The van der Waals surface area contributed by atoms with Crippen molar-refractivity contribution in [3.05, 3.63) is 71.8 Å². The van der Waals surface area contributed by atoms with Crippen LogP contribution in [0.1, 0.15) is 72.4 Å². The summed E-state index contributed by atoms with van der Waals surface area (Å²) >= 11 is 0. The third-order valence-corrected chi connectivity index (χ3v) is 16.9. The van der Waals surface area contributed by atoms with Gasteiger partial charge in [0.2, 0.25) is 0 Å². The Morgan fingerprint density at radius 2 is 1.29 bits per heavy atom. The molecule has 2 aromatic carbocycles.